The Hall–Kier alpha value is -3.88. The molecule has 0 aliphatic carbocycles. The Morgan fingerprint density at radius 1 is 0.980 bits per heavy atom. The van der Waals surface area contributed by atoms with Crippen molar-refractivity contribution in [2.24, 2.45) is 11.8 Å². The molecule has 4 aliphatic heterocycles. The number of hydrogen-bond acceptors (Lipinski definition) is 10. The molecule has 4 aliphatic rings. The largest absolute Gasteiger partial charge is 0.489 e. The minimum absolute atomic E-state index is 0.00934. The summed E-state index contributed by atoms with van der Waals surface area (Å²) in [5.74, 6) is 1.57. The second kappa shape index (κ2) is 14.6. The number of sulfonamides is 1. The van der Waals surface area contributed by atoms with Gasteiger partial charge in [-0.25, -0.2) is 13.2 Å². The topological polar surface area (TPSA) is 122 Å². The van der Waals surface area contributed by atoms with Crippen molar-refractivity contribution in [2.75, 3.05) is 33.1 Å². The standard InChI is InChI=1S/C38H46N2O10S/c1-25(2)20-39(51(42,43)29-14-15-32-33(19-29)48-24-47-32)21-34-31(18-26-10-12-28(13-11-26)45-22-27-8-6-5-7-9-27)40(38(3,4)50-34)37(41)49-35-23-46-36-30(35)16-17-44-36/h5-15,19,25,30-31,34-36H,16-18,20-24H2,1-4H3/t30-,31-,34+,35-,36+/m0/s1. The summed E-state index contributed by atoms with van der Waals surface area (Å²) in [5, 5.41) is 0. The van der Waals surface area contributed by atoms with Crippen LogP contribution in [0.1, 0.15) is 45.2 Å². The van der Waals surface area contributed by atoms with Crippen LogP contribution in [0.4, 0.5) is 4.79 Å². The molecule has 0 saturated carbocycles. The summed E-state index contributed by atoms with van der Waals surface area (Å²) in [6.07, 6.45) is -0.919. The molecule has 0 aromatic heterocycles. The molecule has 51 heavy (non-hydrogen) atoms. The van der Waals surface area contributed by atoms with Gasteiger partial charge in [-0.1, -0.05) is 56.3 Å². The van der Waals surface area contributed by atoms with E-state index in [0.717, 1.165) is 17.5 Å². The Labute approximate surface area is 299 Å². The third-order valence-electron chi connectivity index (χ3n) is 9.77. The average molecular weight is 723 g/mol. The molecule has 3 aromatic carbocycles. The fourth-order valence-corrected chi connectivity index (χ4v) is 8.94. The van der Waals surface area contributed by atoms with Gasteiger partial charge in [-0.15, -0.1) is 0 Å². The first kappa shape index (κ1) is 35.5. The van der Waals surface area contributed by atoms with Gasteiger partial charge in [0.15, 0.2) is 17.8 Å². The first-order chi connectivity index (χ1) is 24.5. The molecule has 7 rings (SSSR count). The van der Waals surface area contributed by atoms with E-state index in [-0.39, 0.29) is 49.5 Å². The number of hydrogen-bond donors (Lipinski definition) is 0. The maximum Gasteiger partial charge on any atom is 0.412 e. The Morgan fingerprint density at radius 2 is 1.75 bits per heavy atom. The van der Waals surface area contributed by atoms with Gasteiger partial charge in [0.1, 0.15) is 24.2 Å². The maximum atomic E-state index is 14.3. The summed E-state index contributed by atoms with van der Waals surface area (Å²) < 4.78 is 71.1. The van der Waals surface area contributed by atoms with E-state index in [0.29, 0.717) is 36.9 Å². The zero-order valence-corrected chi connectivity index (χ0v) is 30.3. The second-order valence-electron chi connectivity index (χ2n) is 14.3. The van der Waals surface area contributed by atoms with Crippen molar-refractivity contribution in [3.05, 3.63) is 83.9 Å². The van der Waals surface area contributed by atoms with Gasteiger partial charge in [0.25, 0.3) is 0 Å². The Balaban J connectivity index is 1.15. The van der Waals surface area contributed by atoms with Crippen LogP contribution in [0.15, 0.2) is 77.7 Å². The molecule has 12 nitrogen and oxygen atoms in total. The number of carbonyl (C=O) groups excluding carboxylic acids is 1. The van der Waals surface area contributed by atoms with Crippen LogP contribution in [0.2, 0.25) is 0 Å². The lowest BCUT2D eigenvalue weighted by Gasteiger charge is -2.34. The lowest BCUT2D eigenvalue weighted by Crippen LogP contribution is -2.51. The highest BCUT2D eigenvalue weighted by Crippen LogP contribution is 2.40. The van der Waals surface area contributed by atoms with E-state index in [1.807, 2.05) is 82.3 Å². The minimum atomic E-state index is -4.00. The Kier molecular flexibility index (Phi) is 10.2. The van der Waals surface area contributed by atoms with Crippen LogP contribution in [0.3, 0.4) is 0 Å². The molecule has 4 heterocycles. The highest BCUT2D eigenvalue weighted by Gasteiger charge is 2.53. The van der Waals surface area contributed by atoms with Crippen LogP contribution in [0.25, 0.3) is 0 Å². The van der Waals surface area contributed by atoms with Gasteiger partial charge in [0.05, 0.1) is 36.2 Å². The molecule has 3 aromatic rings. The van der Waals surface area contributed by atoms with Crippen LogP contribution >= 0.6 is 0 Å². The molecule has 0 radical (unpaired) electrons. The average Bonchev–Trinajstić information content (AvgIpc) is 3.89. The summed E-state index contributed by atoms with van der Waals surface area (Å²) in [5.41, 5.74) is 0.884. The first-order valence-electron chi connectivity index (χ1n) is 17.5. The summed E-state index contributed by atoms with van der Waals surface area (Å²) in [7, 11) is -4.00. The molecule has 0 N–H and O–H groups in total. The van der Waals surface area contributed by atoms with Crippen molar-refractivity contribution >= 4 is 16.1 Å². The van der Waals surface area contributed by atoms with Crippen molar-refractivity contribution < 1.29 is 46.4 Å². The molecule has 0 spiro atoms. The van der Waals surface area contributed by atoms with E-state index in [4.69, 9.17) is 33.2 Å². The van der Waals surface area contributed by atoms with Crippen LogP contribution in [-0.4, -0.2) is 87.1 Å². The SMILES string of the molecule is CC(C)CN(C[C@H]1OC(C)(C)N(C(=O)O[C@H]2CO[C@H]3OCC[C@H]32)[C@H]1Cc1ccc(OCc2ccccc2)cc1)S(=O)(=O)c1ccc2c(c1)OCO2. The fraction of sp³-hybridized carbons (Fsp3) is 0.500. The van der Waals surface area contributed by atoms with Crippen LogP contribution in [-0.2, 0) is 42.0 Å². The molecular formula is C38H46N2O10S. The van der Waals surface area contributed by atoms with Gasteiger partial charge in [-0.2, -0.15) is 4.31 Å². The maximum absolute atomic E-state index is 14.3. The van der Waals surface area contributed by atoms with E-state index in [1.165, 1.54) is 16.4 Å². The smallest absolute Gasteiger partial charge is 0.412 e. The number of nitrogens with zero attached hydrogens (tertiary/aromatic N) is 2. The fourth-order valence-electron chi connectivity index (χ4n) is 7.31. The lowest BCUT2D eigenvalue weighted by molar-refractivity contribution is -0.0911. The van der Waals surface area contributed by atoms with Crippen LogP contribution < -0.4 is 14.2 Å². The summed E-state index contributed by atoms with van der Waals surface area (Å²) in [6.45, 7) is 9.09. The number of benzene rings is 3. The third kappa shape index (κ3) is 7.68. The third-order valence-corrected chi connectivity index (χ3v) is 11.6. The Morgan fingerprint density at radius 3 is 2.51 bits per heavy atom. The van der Waals surface area contributed by atoms with Crippen LogP contribution in [0, 0.1) is 11.8 Å². The molecule has 13 heteroatoms. The normalized spacial score (nSPS) is 25.1. The monoisotopic (exact) mass is 722 g/mol. The van der Waals surface area contributed by atoms with E-state index in [2.05, 4.69) is 0 Å². The molecule has 0 unspecified atom stereocenters. The molecule has 5 atom stereocenters. The first-order valence-corrected chi connectivity index (χ1v) is 19.0. The summed E-state index contributed by atoms with van der Waals surface area (Å²) in [4.78, 5) is 15.9. The predicted octanol–water partition coefficient (Wildman–Crippen LogP) is 5.59. The predicted molar refractivity (Wildman–Crippen MR) is 186 cm³/mol. The zero-order chi connectivity index (χ0) is 35.8. The second-order valence-corrected chi connectivity index (χ2v) is 16.3. The molecule has 3 fully saturated rings. The van der Waals surface area contributed by atoms with Gasteiger partial charge in [-0.05, 0) is 68.0 Å². The molecule has 3 saturated heterocycles. The zero-order valence-electron chi connectivity index (χ0n) is 29.4. The van der Waals surface area contributed by atoms with Crippen molar-refractivity contribution in [3.8, 4) is 17.2 Å². The van der Waals surface area contributed by atoms with Gasteiger partial charge in [-0.3, -0.25) is 4.90 Å². The van der Waals surface area contributed by atoms with Gasteiger partial charge < -0.3 is 33.2 Å². The number of amides is 1. The van der Waals surface area contributed by atoms with Gasteiger partial charge in [0.2, 0.25) is 16.8 Å². The van der Waals surface area contributed by atoms with Crippen molar-refractivity contribution in [1.82, 2.24) is 9.21 Å². The quantitative estimate of drug-likeness (QED) is 0.234. The number of ether oxygens (including phenoxy) is 7. The number of rotatable bonds is 12. The Bertz CT molecular complexity index is 1790. The lowest BCUT2D eigenvalue weighted by atomic mass is 9.99. The van der Waals surface area contributed by atoms with Crippen molar-refractivity contribution in [1.29, 1.82) is 0 Å². The summed E-state index contributed by atoms with van der Waals surface area (Å²) >= 11 is 0. The molecule has 0 bridgehead atoms. The highest BCUT2D eigenvalue weighted by atomic mass is 32.2. The molecule has 1 amide bonds. The van der Waals surface area contributed by atoms with Crippen LogP contribution in [0.5, 0.6) is 17.2 Å². The van der Waals surface area contributed by atoms with E-state index >= 15 is 0 Å². The minimum Gasteiger partial charge on any atom is -0.489 e. The van der Waals surface area contributed by atoms with Crippen molar-refractivity contribution in [2.45, 2.75) is 82.3 Å². The van der Waals surface area contributed by atoms with Crippen molar-refractivity contribution in [3.63, 3.8) is 0 Å². The number of fused-ring (bicyclic) bond motifs is 2. The molecule has 274 valence electrons. The highest BCUT2D eigenvalue weighted by molar-refractivity contribution is 7.89. The van der Waals surface area contributed by atoms with Gasteiger partial charge >= 0.3 is 6.09 Å². The van der Waals surface area contributed by atoms with Gasteiger partial charge in [0, 0.05) is 19.2 Å². The molecular weight excluding hydrogens is 676 g/mol. The summed E-state index contributed by atoms with van der Waals surface area (Å²) in [6, 6.07) is 21.7. The van der Waals surface area contributed by atoms with E-state index in [9.17, 15) is 13.2 Å². The van der Waals surface area contributed by atoms with E-state index in [1.54, 1.807) is 11.0 Å². The van der Waals surface area contributed by atoms with E-state index < -0.39 is 40.1 Å². The number of carbonyl (C=O) groups is 1.